The SMILES string of the molecule is Nc1c(CC(=O)O)cccc1C(=O)c1ccccc1.O.O.[Ca]. The number of carbonyl (C=O) groups excluding carboxylic acids is 1. The molecular weight excluding hydrogens is 314 g/mol. The van der Waals surface area contributed by atoms with Crippen molar-refractivity contribution < 1.29 is 25.6 Å². The molecule has 0 atom stereocenters. The zero-order chi connectivity index (χ0) is 13.8. The molecule has 2 aromatic rings. The summed E-state index contributed by atoms with van der Waals surface area (Å²) in [5, 5.41) is 8.80. The van der Waals surface area contributed by atoms with Crippen LogP contribution in [0.25, 0.3) is 0 Å². The molecule has 2 aromatic carbocycles. The second kappa shape index (κ2) is 10.3. The summed E-state index contributed by atoms with van der Waals surface area (Å²) in [5.74, 6) is -1.18. The summed E-state index contributed by atoms with van der Waals surface area (Å²) in [6.45, 7) is 0. The van der Waals surface area contributed by atoms with E-state index in [-0.39, 0.29) is 66.6 Å². The van der Waals surface area contributed by atoms with Crippen LogP contribution in [0.4, 0.5) is 5.69 Å². The first-order valence-electron chi connectivity index (χ1n) is 5.78. The maximum atomic E-state index is 12.3. The van der Waals surface area contributed by atoms with Gasteiger partial charge in [0, 0.05) is 54.6 Å². The molecule has 0 saturated heterocycles. The number of ketones is 1. The first kappa shape index (κ1) is 22.8. The van der Waals surface area contributed by atoms with Crippen LogP contribution in [0.15, 0.2) is 48.5 Å². The van der Waals surface area contributed by atoms with Gasteiger partial charge in [-0.25, -0.2) is 0 Å². The van der Waals surface area contributed by atoms with Crippen molar-refractivity contribution in [1.29, 1.82) is 0 Å². The number of anilines is 1. The number of benzene rings is 2. The van der Waals surface area contributed by atoms with Gasteiger partial charge in [0.05, 0.1) is 6.42 Å². The normalized spacial score (nSPS) is 8.73. The first-order chi connectivity index (χ1) is 9.09. The summed E-state index contributed by atoms with van der Waals surface area (Å²) in [6.07, 6.45) is -0.193. The topological polar surface area (TPSA) is 143 Å². The van der Waals surface area contributed by atoms with Crippen molar-refractivity contribution in [2.24, 2.45) is 0 Å². The van der Waals surface area contributed by atoms with Gasteiger partial charge in [0.1, 0.15) is 0 Å². The molecule has 7 N–H and O–H groups in total. The Kier molecular flexibility index (Phi) is 10.7. The number of nitrogen functional groups attached to an aromatic ring is 1. The van der Waals surface area contributed by atoms with Crippen molar-refractivity contribution in [3.63, 3.8) is 0 Å². The maximum absolute atomic E-state index is 12.3. The number of carboxylic acids is 1. The van der Waals surface area contributed by atoms with Crippen LogP contribution in [-0.4, -0.2) is 65.5 Å². The van der Waals surface area contributed by atoms with Gasteiger partial charge >= 0.3 is 5.97 Å². The minimum Gasteiger partial charge on any atom is -0.481 e. The van der Waals surface area contributed by atoms with Crippen molar-refractivity contribution in [3.8, 4) is 0 Å². The zero-order valence-electron chi connectivity index (χ0n) is 11.9. The molecule has 0 bridgehead atoms. The third-order valence-corrected chi connectivity index (χ3v) is 2.82. The Morgan fingerprint density at radius 2 is 1.55 bits per heavy atom. The second-order valence-electron chi connectivity index (χ2n) is 4.14. The summed E-state index contributed by atoms with van der Waals surface area (Å²) in [4.78, 5) is 23.0. The van der Waals surface area contributed by atoms with Crippen molar-refractivity contribution >= 4 is 55.2 Å². The van der Waals surface area contributed by atoms with Crippen LogP contribution in [0.1, 0.15) is 21.5 Å². The van der Waals surface area contributed by atoms with E-state index in [2.05, 4.69) is 0 Å². The van der Waals surface area contributed by atoms with Gasteiger partial charge in [-0.15, -0.1) is 0 Å². The standard InChI is InChI=1S/C15H13NO3.Ca.2H2O/c16-14-11(9-13(17)18)7-4-8-12(14)15(19)10-5-2-1-3-6-10;;;/h1-8H,9,16H2,(H,17,18);;2*1H2. The van der Waals surface area contributed by atoms with Crippen LogP contribution in [0.2, 0.25) is 0 Å². The molecule has 0 saturated carbocycles. The fourth-order valence-corrected chi connectivity index (χ4v) is 1.87. The minimum absolute atomic E-state index is 0. The van der Waals surface area contributed by atoms with Gasteiger partial charge in [-0.1, -0.05) is 42.5 Å². The Morgan fingerprint density at radius 3 is 2.09 bits per heavy atom. The summed E-state index contributed by atoms with van der Waals surface area (Å²) >= 11 is 0. The van der Waals surface area contributed by atoms with Gasteiger partial charge in [-0.2, -0.15) is 0 Å². The molecule has 2 radical (unpaired) electrons. The van der Waals surface area contributed by atoms with Gasteiger partial charge in [-0.05, 0) is 11.6 Å². The molecule has 2 rings (SSSR count). The largest absolute Gasteiger partial charge is 0.481 e. The molecule has 0 unspecified atom stereocenters. The number of hydrogen-bond acceptors (Lipinski definition) is 3. The van der Waals surface area contributed by atoms with Crippen molar-refractivity contribution in [3.05, 3.63) is 65.2 Å². The van der Waals surface area contributed by atoms with E-state index in [0.29, 0.717) is 16.7 Å². The average Bonchev–Trinajstić information content (AvgIpc) is 2.41. The fraction of sp³-hybridized carbons (Fsp3) is 0.0667. The van der Waals surface area contributed by atoms with Crippen LogP contribution in [0.3, 0.4) is 0 Å². The molecule has 22 heavy (non-hydrogen) atoms. The number of para-hydroxylation sites is 1. The number of carboxylic acid groups (broad SMARTS) is 1. The third kappa shape index (κ3) is 5.40. The Bertz CT molecular complexity index is 631. The number of rotatable bonds is 4. The molecule has 114 valence electrons. The van der Waals surface area contributed by atoms with E-state index in [1.54, 1.807) is 42.5 Å². The van der Waals surface area contributed by atoms with Gasteiger partial charge in [-0.3, -0.25) is 9.59 Å². The van der Waals surface area contributed by atoms with E-state index in [1.807, 2.05) is 6.07 Å². The average molecular weight is 331 g/mol. The van der Waals surface area contributed by atoms with Crippen LogP contribution < -0.4 is 5.73 Å². The molecule has 0 aromatic heterocycles. The summed E-state index contributed by atoms with van der Waals surface area (Å²) in [7, 11) is 0. The molecule has 0 aliphatic carbocycles. The zero-order valence-corrected chi connectivity index (χ0v) is 14.1. The maximum Gasteiger partial charge on any atom is 0.307 e. The smallest absolute Gasteiger partial charge is 0.307 e. The number of carbonyl (C=O) groups is 2. The van der Waals surface area contributed by atoms with Crippen molar-refractivity contribution in [2.45, 2.75) is 6.42 Å². The second-order valence-corrected chi connectivity index (χ2v) is 4.14. The van der Waals surface area contributed by atoms with Gasteiger partial charge in [0.15, 0.2) is 5.78 Å². The molecule has 0 fully saturated rings. The Morgan fingerprint density at radius 1 is 0.955 bits per heavy atom. The van der Waals surface area contributed by atoms with Crippen molar-refractivity contribution in [1.82, 2.24) is 0 Å². The molecule has 0 spiro atoms. The van der Waals surface area contributed by atoms with E-state index in [4.69, 9.17) is 10.8 Å². The molecule has 0 aliphatic heterocycles. The summed E-state index contributed by atoms with van der Waals surface area (Å²) < 4.78 is 0. The molecule has 7 heteroatoms. The molecule has 0 heterocycles. The predicted octanol–water partition coefficient (Wildman–Crippen LogP) is 0.0967. The van der Waals surface area contributed by atoms with Crippen LogP contribution in [0, 0.1) is 0 Å². The molecule has 0 amide bonds. The first-order valence-corrected chi connectivity index (χ1v) is 5.78. The van der Waals surface area contributed by atoms with Crippen LogP contribution >= 0.6 is 0 Å². The van der Waals surface area contributed by atoms with Gasteiger partial charge in [0.25, 0.3) is 0 Å². The Labute approximate surface area is 157 Å². The number of nitrogens with two attached hydrogens (primary N) is 1. The molecule has 0 aliphatic rings. The van der Waals surface area contributed by atoms with E-state index >= 15 is 0 Å². The van der Waals surface area contributed by atoms with E-state index < -0.39 is 5.97 Å². The quantitative estimate of drug-likeness (QED) is 0.465. The van der Waals surface area contributed by atoms with Crippen LogP contribution in [0.5, 0.6) is 0 Å². The predicted molar refractivity (Wildman–Crippen MR) is 85.1 cm³/mol. The summed E-state index contributed by atoms with van der Waals surface area (Å²) in [5.41, 5.74) is 7.44. The van der Waals surface area contributed by atoms with Gasteiger partial charge < -0.3 is 21.8 Å². The van der Waals surface area contributed by atoms with Gasteiger partial charge in [0.2, 0.25) is 0 Å². The van der Waals surface area contributed by atoms with E-state index in [0.717, 1.165) is 0 Å². The Balaban J connectivity index is 0. The summed E-state index contributed by atoms with van der Waals surface area (Å²) in [6, 6.07) is 13.6. The third-order valence-electron chi connectivity index (χ3n) is 2.82. The minimum atomic E-state index is -0.976. The number of hydrogen-bond donors (Lipinski definition) is 2. The molecular formula is C15H17CaNO5. The van der Waals surface area contributed by atoms with E-state index in [1.165, 1.54) is 0 Å². The monoisotopic (exact) mass is 331 g/mol. The van der Waals surface area contributed by atoms with E-state index in [9.17, 15) is 9.59 Å². The Hall–Kier alpha value is -1.44. The fourth-order valence-electron chi connectivity index (χ4n) is 1.87. The number of aliphatic carboxylic acids is 1. The van der Waals surface area contributed by atoms with Crippen LogP contribution in [-0.2, 0) is 11.2 Å². The molecule has 6 nitrogen and oxygen atoms in total. The van der Waals surface area contributed by atoms with Crippen molar-refractivity contribution in [2.75, 3.05) is 5.73 Å².